The van der Waals surface area contributed by atoms with Crippen LogP contribution in [-0.4, -0.2) is 22.6 Å². The molecule has 0 spiro atoms. The molecule has 1 aliphatic heterocycles. The zero-order valence-corrected chi connectivity index (χ0v) is 9.04. The van der Waals surface area contributed by atoms with Crippen LogP contribution in [0.2, 0.25) is 5.15 Å². The third kappa shape index (κ3) is 1.98. The smallest absolute Gasteiger partial charge is 0.134 e. The summed E-state index contributed by atoms with van der Waals surface area (Å²) >= 11 is 5.83. The molecule has 0 bridgehead atoms. The summed E-state index contributed by atoms with van der Waals surface area (Å²) in [6, 6.07) is 2.40. The molecule has 14 heavy (non-hydrogen) atoms. The van der Waals surface area contributed by atoms with Gasteiger partial charge in [-0.05, 0) is 26.2 Å². The Kier molecular flexibility index (Phi) is 2.87. The van der Waals surface area contributed by atoms with Gasteiger partial charge in [-0.15, -0.1) is 0 Å². The molecule has 0 saturated carbocycles. The van der Waals surface area contributed by atoms with E-state index in [1.54, 1.807) is 0 Å². The standard InChI is InChI=1S/C10H14ClN3/c1-8-4-2-3-5-14(8)10-6-9(11)12-7-13-10/h6-8H,2-5H2,1H3/t8-/m1/s1. The highest BCUT2D eigenvalue weighted by Crippen LogP contribution is 2.23. The molecule has 1 aromatic rings. The summed E-state index contributed by atoms with van der Waals surface area (Å²) in [5.74, 6) is 0.956. The maximum absolute atomic E-state index is 5.83. The maximum Gasteiger partial charge on any atom is 0.134 e. The van der Waals surface area contributed by atoms with Gasteiger partial charge in [0.2, 0.25) is 0 Å². The number of piperidine rings is 1. The largest absolute Gasteiger partial charge is 0.354 e. The topological polar surface area (TPSA) is 29.0 Å². The molecule has 0 aromatic carbocycles. The average molecular weight is 212 g/mol. The highest BCUT2D eigenvalue weighted by molar-refractivity contribution is 6.29. The molecule has 0 N–H and O–H groups in total. The minimum absolute atomic E-state index is 0.521. The molecule has 76 valence electrons. The van der Waals surface area contributed by atoms with Crippen molar-refractivity contribution in [2.24, 2.45) is 0 Å². The zero-order chi connectivity index (χ0) is 9.97. The van der Waals surface area contributed by atoms with Crippen molar-refractivity contribution in [1.82, 2.24) is 9.97 Å². The molecule has 2 rings (SSSR count). The quantitative estimate of drug-likeness (QED) is 0.669. The molecule has 1 aromatic heterocycles. The predicted octanol–water partition coefficient (Wildman–Crippen LogP) is 2.51. The van der Waals surface area contributed by atoms with E-state index in [2.05, 4.69) is 21.8 Å². The fourth-order valence-electron chi connectivity index (χ4n) is 1.92. The number of nitrogens with zero attached hydrogens (tertiary/aromatic N) is 3. The van der Waals surface area contributed by atoms with Crippen molar-refractivity contribution >= 4 is 17.4 Å². The Bertz CT molecular complexity index is 316. The Balaban J connectivity index is 2.20. The predicted molar refractivity (Wildman–Crippen MR) is 57.7 cm³/mol. The summed E-state index contributed by atoms with van der Waals surface area (Å²) in [4.78, 5) is 10.4. The van der Waals surface area contributed by atoms with Crippen LogP contribution in [0.5, 0.6) is 0 Å². The van der Waals surface area contributed by atoms with Crippen LogP contribution in [0.4, 0.5) is 5.82 Å². The van der Waals surface area contributed by atoms with Gasteiger partial charge in [-0.2, -0.15) is 0 Å². The van der Waals surface area contributed by atoms with Gasteiger partial charge in [0, 0.05) is 18.7 Å². The minimum atomic E-state index is 0.521. The van der Waals surface area contributed by atoms with Gasteiger partial charge in [0.1, 0.15) is 17.3 Å². The molecule has 4 heteroatoms. The van der Waals surface area contributed by atoms with E-state index >= 15 is 0 Å². The summed E-state index contributed by atoms with van der Waals surface area (Å²) in [5.41, 5.74) is 0. The van der Waals surface area contributed by atoms with Crippen LogP contribution in [-0.2, 0) is 0 Å². The van der Waals surface area contributed by atoms with Gasteiger partial charge >= 0.3 is 0 Å². The Labute approximate surface area is 89.1 Å². The number of rotatable bonds is 1. The summed E-state index contributed by atoms with van der Waals surface area (Å²) < 4.78 is 0. The number of hydrogen-bond donors (Lipinski definition) is 0. The Hall–Kier alpha value is -0.830. The van der Waals surface area contributed by atoms with E-state index in [-0.39, 0.29) is 0 Å². The van der Waals surface area contributed by atoms with Crippen LogP contribution in [0.15, 0.2) is 12.4 Å². The van der Waals surface area contributed by atoms with Crippen LogP contribution in [0.3, 0.4) is 0 Å². The molecule has 1 fully saturated rings. The number of anilines is 1. The lowest BCUT2D eigenvalue weighted by molar-refractivity contribution is 0.481. The van der Waals surface area contributed by atoms with Gasteiger partial charge < -0.3 is 4.90 Å². The Morgan fingerprint density at radius 2 is 2.29 bits per heavy atom. The van der Waals surface area contributed by atoms with Crippen molar-refractivity contribution in [2.75, 3.05) is 11.4 Å². The van der Waals surface area contributed by atoms with E-state index in [0.29, 0.717) is 11.2 Å². The molecular formula is C10H14ClN3. The number of halogens is 1. The Morgan fingerprint density at radius 1 is 1.43 bits per heavy atom. The summed E-state index contributed by atoms with van der Waals surface area (Å²) in [7, 11) is 0. The van der Waals surface area contributed by atoms with Gasteiger partial charge in [0.15, 0.2) is 0 Å². The van der Waals surface area contributed by atoms with Gasteiger partial charge in [0.25, 0.3) is 0 Å². The third-order valence-electron chi connectivity index (χ3n) is 2.72. The van der Waals surface area contributed by atoms with Crippen LogP contribution in [0.1, 0.15) is 26.2 Å². The first-order valence-electron chi connectivity index (χ1n) is 5.01. The van der Waals surface area contributed by atoms with Gasteiger partial charge in [-0.25, -0.2) is 9.97 Å². The molecule has 1 saturated heterocycles. The zero-order valence-electron chi connectivity index (χ0n) is 8.28. The van der Waals surface area contributed by atoms with Gasteiger partial charge in [0.05, 0.1) is 0 Å². The third-order valence-corrected chi connectivity index (χ3v) is 2.92. The second kappa shape index (κ2) is 4.13. The van der Waals surface area contributed by atoms with E-state index in [1.165, 1.54) is 25.6 Å². The molecule has 3 nitrogen and oxygen atoms in total. The lowest BCUT2D eigenvalue weighted by Gasteiger charge is -2.34. The lowest BCUT2D eigenvalue weighted by Crippen LogP contribution is -2.37. The lowest BCUT2D eigenvalue weighted by atomic mass is 10.0. The minimum Gasteiger partial charge on any atom is -0.354 e. The first kappa shape index (κ1) is 9.71. The second-order valence-electron chi connectivity index (χ2n) is 3.74. The SMILES string of the molecule is C[C@@H]1CCCCN1c1cc(Cl)ncn1. The van der Waals surface area contributed by atoms with E-state index in [9.17, 15) is 0 Å². The highest BCUT2D eigenvalue weighted by Gasteiger charge is 2.19. The fraction of sp³-hybridized carbons (Fsp3) is 0.600. The maximum atomic E-state index is 5.83. The molecule has 2 heterocycles. The highest BCUT2D eigenvalue weighted by atomic mass is 35.5. The molecule has 0 unspecified atom stereocenters. The number of aromatic nitrogens is 2. The summed E-state index contributed by atoms with van der Waals surface area (Å²) in [6.07, 6.45) is 5.32. The van der Waals surface area contributed by atoms with E-state index in [0.717, 1.165) is 12.4 Å². The summed E-state index contributed by atoms with van der Waals surface area (Å²) in [6.45, 7) is 3.31. The average Bonchev–Trinajstić information content (AvgIpc) is 2.18. The van der Waals surface area contributed by atoms with Crippen molar-refractivity contribution < 1.29 is 0 Å². The fourth-order valence-corrected chi connectivity index (χ4v) is 2.06. The van der Waals surface area contributed by atoms with E-state index in [1.807, 2.05) is 6.07 Å². The normalized spacial score (nSPS) is 22.4. The van der Waals surface area contributed by atoms with Crippen molar-refractivity contribution in [3.8, 4) is 0 Å². The van der Waals surface area contributed by atoms with Crippen LogP contribution >= 0.6 is 11.6 Å². The van der Waals surface area contributed by atoms with Gasteiger partial charge in [-0.1, -0.05) is 11.6 Å². The van der Waals surface area contributed by atoms with Crippen LogP contribution in [0.25, 0.3) is 0 Å². The monoisotopic (exact) mass is 211 g/mol. The van der Waals surface area contributed by atoms with E-state index < -0.39 is 0 Å². The summed E-state index contributed by atoms with van der Waals surface area (Å²) in [5, 5.41) is 0.521. The van der Waals surface area contributed by atoms with E-state index in [4.69, 9.17) is 11.6 Å². The van der Waals surface area contributed by atoms with Crippen molar-refractivity contribution in [3.63, 3.8) is 0 Å². The number of hydrogen-bond acceptors (Lipinski definition) is 3. The molecule has 0 aliphatic carbocycles. The Morgan fingerprint density at radius 3 is 3.00 bits per heavy atom. The molecular weight excluding hydrogens is 198 g/mol. The van der Waals surface area contributed by atoms with Gasteiger partial charge in [-0.3, -0.25) is 0 Å². The first-order valence-corrected chi connectivity index (χ1v) is 5.39. The molecule has 1 aliphatic rings. The van der Waals surface area contributed by atoms with Crippen LogP contribution < -0.4 is 4.90 Å². The molecule has 0 amide bonds. The second-order valence-corrected chi connectivity index (χ2v) is 4.12. The molecule has 0 radical (unpaired) electrons. The van der Waals surface area contributed by atoms with Crippen LogP contribution in [0, 0.1) is 0 Å². The van der Waals surface area contributed by atoms with Crippen molar-refractivity contribution in [3.05, 3.63) is 17.5 Å². The molecule has 1 atom stereocenters. The van der Waals surface area contributed by atoms with Crippen molar-refractivity contribution in [2.45, 2.75) is 32.2 Å². The van der Waals surface area contributed by atoms with Crippen molar-refractivity contribution in [1.29, 1.82) is 0 Å². The first-order chi connectivity index (χ1) is 6.77.